The summed E-state index contributed by atoms with van der Waals surface area (Å²) in [5.41, 5.74) is 0.331. The number of non-ortho nitro benzene ring substituents is 1. The first-order chi connectivity index (χ1) is 15.4. The minimum absolute atomic E-state index is 0.169. The summed E-state index contributed by atoms with van der Waals surface area (Å²) in [6.45, 7) is 1.02. The summed E-state index contributed by atoms with van der Waals surface area (Å²) < 4.78 is 12.9. The van der Waals surface area contributed by atoms with Crippen molar-refractivity contribution in [1.29, 1.82) is 0 Å². The largest absolute Gasteiger partial charge is 0.354 e. The Kier molecular flexibility index (Phi) is 7.48. The summed E-state index contributed by atoms with van der Waals surface area (Å²) in [6.07, 6.45) is 1.64. The standard InChI is InChI=1S/C22H23FN4O5/c23-17-9-7-15(8-10-17)20(28)24-11-3-12-25-21(29)19-6-2-13-26(19)22(30)16-4-1-5-18(14-16)27(31)32/h1,4-5,7-10,14,19H,2-3,6,11-13H2,(H,24,28)(H,25,29)/t19-/m1/s1. The summed E-state index contributed by atoms with van der Waals surface area (Å²) in [5.74, 6) is -1.47. The molecule has 9 nitrogen and oxygen atoms in total. The molecule has 0 saturated carbocycles. The van der Waals surface area contributed by atoms with Crippen LogP contribution >= 0.6 is 0 Å². The van der Waals surface area contributed by atoms with Crippen LogP contribution in [0.15, 0.2) is 48.5 Å². The zero-order chi connectivity index (χ0) is 23.1. The minimum atomic E-state index is -0.643. The highest BCUT2D eigenvalue weighted by Crippen LogP contribution is 2.22. The maximum absolute atomic E-state index is 12.9. The zero-order valence-corrected chi connectivity index (χ0v) is 17.3. The molecule has 0 unspecified atom stereocenters. The molecule has 168 valence electrons. The second kappa shape index (κ2) is 10.5. The van der Waals surface area contributed by atoms with E-state index >= 15 is 0 Å². The van der Waals surface area contributed by atoms with Gasteiger partial charge in [0.2, 0.25) is 5.91 Å². The van der Waals surface area contributed by atoms with Gasteiger partial charge in [-0.2, -0.15) is 0 Å². The molecule has 2 N–H and O–H groups in total. The van der Waals surface area contributed by atoms with Crippen molar-refractivity contribution in [3.05, 3.63) is 75.6 Å². The van der Waals surface area contributed by atoms with Crippen LogP contribution in [0.25, 0.3) is 0 Å². The van der Waals surface area contributed by atoms with E-state index in [1.165, 1.54) is 53.4 Å². The number of hydrogen-bond donors (Lipinski definition) is 2. The van der Waals surface area contributed by atoms with E-state index in [0.29, 0.717) is 44.5 Å². The van der Waals surface area contributed by atoms with Gasteiger partial charge in [-0.3, -0.25) is 24.5 Å². The predicted octanol–water partition coefficient (Wildman–Crippen LogP) is 2.27. The van der Waals surface area contributed by atoms with Crippen LogP contribution < -0.4 is 10.6 Å². The second-order valence-electron chi connectivity index (χ2n) is 7.37. The van der Waals surface area contributed by atoms with E-state index in [0.717, 1.165) is 0 Å². The lowest BCUT2D eigenvalue weighted by Crippen LogP contribution is -2.46. The van der Waals surface area contributed by atoms with Crippen molar-refractivity contribution in [3.63, 3.8) is 0 Å². The number of nitro groups is 1. The van der Waals surface area contributed by atoms with E-state index in [2.05, 4.69) is 10.6 Å². The first-order valence-electron chi connectivity index (χ1n) is 10.2. The minimum Gasteiger partial charge on any atom is -0.354 e. The first-order valence-corrected chi connectivity index (χ1v) is 10.2. The molecule has 10 heteroatoms. The van der Waals surface area contributed by atoms with Gasteiger partial charge in [0.15, 0.2) is 0 Å². The number of hydrogen-bond acceptors (Lipinski definition) is 5. The number of likely N-dealkylation sites (tertiary alicyclic amines) is 1. The van der Waals surface area contributed by atoms with E-state index in [4.69, 9.17) is 0 Å². The first kappa shape index (κ1) is 22.9. The van der Waals surface area contributed by atoms with Crippen LogP contribution in [0.3, 0.4) is 0 Å². The van der Waals surface area contributed by atoms with Gasteiger partial charge in [0.1, 0.15) is 11.9 Å². The Morgan fingerprint density at radius 2 is 1.78 bits per heavy atom. The molecule has 2 aromatic carbocycles. The Morgan fingerprint density at radius 1 is 1.06 bits per heavy atom. The third kappa shape index (κ3) is 5.65. The van der Waals surface area contributed by atoms with Gasteiger partial charge in [0.05, 0.1) is 4.92 Å². The lowest BCUT2D eigenvalue weighted by Gasteiger charge is -2.24. The normalized spacial score (nSPS) is 15.3. The number of nitrogens with one attached hydrogen (secondary N) is 2. The molecule has 1 fully saturated rings. The maximum Gasteiger partial charge on any atom is 0.270 e. The number of nitrogens with zero attached hydrogens (tertiary/aromatic N) is 2. The molecule has 0 bridgehead atoms. The van der Waals surface area contributed by atoms with Crippen molar-refractivity contribution in [2.45, 2.75) is 25.3 Å². The summed E-state index contributed by atoms with van der Waals surface area (Å²) in [7, 11) is 0. The monoisotopic (exact) mass is 442 g/mol. The maximum atomic E-state index is 12.9. The van der Waals surface area contributed by atoms with Crippen LogP contribution in [0, 0.1) is 15.9 Å². The molecular formula is C22H23FN4O5. The second-order valence-corrected chi connectivity index (χ2v) is 7.37. The van der Waals surface area contributed by atoms with Crippen molar-refractivity contribution in [3.8, 4) is 0 Å². The van der Waals surface area contributed by atoms with E-state index in [9.17, 15) is 28.9 Å². The fraction of sp³-hybridized carbons (Fsp3) is 0.318. The molecule has 0 radical (unpaired) electrons. The number of amides is 3. The number of halogens is 1. The van der Waals surface area contributed by atoms with Gasteiger partial charge in [-0.15, -0.1) is 0 Å². The average Bonchev–Trinajstić information content (AvgIpc) is 3.28. The third-order valence-corrected chi connectivity index (χ3v) is 5.16. The lowest BCUT2D eigenvalue weighted by atomic mass is 10.1. The fourth-order valence-electron chi connectivity index (χ4n) is 3.52. The van der Waals surface area contributed by atoms with Crippen LogP contribution in [-0.2, 0) is 4.79 Å². The Hall–Kier alpha value is -3.82. The predicted molar refractivity (Wildman–Crippen MR) is 114 cm³/mol. The Balaban J connectivity index is 1.46. The highest BCUT2D eigenvalue weighted by atomic mass is 19.1. The van der Waals surface area contributed by atoms with Gasteiger partial charge < -0.3 is 15.5 Å². The third-order valence-electron chi connectivity index (χ3n) is 5.16. The molecule has 1 heterocycles. The van der Waals surface area contributed by atoms with Crippen LogP contribution in [-0.4, -0.2) is 53.2 Å². The molecule has 0 aliphatic carbocycles. The highest BCUT2D eigenvalue weighted by molar-refractivity contribution is 5.98. The number of carbonyl (C=O) groups is 3. The molecule has 1 aliphatic heterocycles. The molecule has 1 atom stereocenters. The number of nitro benzene ring substituents is 1. The van der Waals surface area contributed by atoms with E-state index < -0.39 is 22.7 Å². The van der Waals surface area contributed by atoms with Gasteiger partial charge in [-0.1, -0.05) is 6.07 Å². The molecule has 0 spiro atoms. The van der Waals surface area contributed by atoms with Gasteiger partial charge in [-0.05, 0) is 49.6 Å². The number of benzene rings is 2. The quantitative estimate of drug-likeness (QED) is 0.369. The van der Waals surface area contributed by atoms with Gasteiger partial charge in [-0.25, -0.2) is 4.39 Å². The van der Waals surface area contributed by atoms with Crippen molar-refractivity contribution in [2.24, 2.45) is 0 Å². The number of carbonyl (C=O) groups excluding carboxylic acids is 3. The summed E-state index contributed by atoms with van der Waals surface area (Å²) in [4.78, 5) is 49.2. The molecule has 3 amide bonds. The van der Waals surface area contributed by atoms with Crippen molar-refractivity contribution in [2.75, 3.05) is 19.6 Å². The van der Waals surface area contributed by atoms with E-state index in [1.54, 1.807) is 0 Å². The van der Waals surface area contributed by atoms with Crippen LogP contribution in [0.5, 0.6) is 0 Å². The summed E-state index contributed by atoms with van der Waals surface area (Å²) in [6, 6.07) is 9.99. The lowest BCUT2D eigenvalue weighted by molar-refractivity contribution is -0.384. The topological polar surface area (TPSA) is 122 Å². The van der Waals surface area contributed by atoms with Crippen LogP contribution in [0.4, 0.5) is 10.1 Å². The zero-order valence-electron chi connectivity index (χ0n) is 17.3. The smallest absolute Gasteiger partial charge is 0.270 e. The Bertz CT molecular complexity index is 1010. The average molecular weight is 442 g/mol. The Labute approximate surface area is 183 Å². The molecule has 1 saturated heterocycles. The molecule has 1 aliphatic rings. The molecule has 32 heavy (non-hydrogen) atoms. The van der Waals surface area contributed by atoms with E-state index in [-0.39, 0.29) is 23.1 Å². The van der Waals surface area contributed by atoms with Gasteiger partial charge >= 0.3 is 0 Å². The fourth-order valence-corrected chi connectivity index (χ4v) is 3.52. The highest BCUT2D eigenvalue weighted by Gasteiger charge is 2.34. The summed E-state index contributed by atoms with van der Waals surface area (Å²) in [5, 5.41) is 16.4. The van der Waals surface area contributed by atoms with E-state index in [1.807, 2.05) is 0 Å². The molecule has 0 aromatic heterocycles. The molecule has 2 aromatic rings. The van der Waals surface area contributed by atoms with Crippen LogP contribution in [0.1, 0.15) is 40.0 Å². The van der Waals surface area contributed by atoms with Crippen molar-refractivity contribution in [1.82, 2.24) is 15.5 Å². The Morgan fingerprint density at radius 3 is 2.50 bits per heavy atom. The van der Waals surface area contributed by atoms with Crippen LogP contribution in [0.2, 0.25) is 0 Å². The number of rotatable bonds is 8. The SMILES string of the molecule is O=C(NCCCNC(=O)[C@H]1CCCN1C(=O)c1cccc([N+](=O)[O-])c1)c1ccc(F)cc1. The summed E-state index contributed by atoms with van der Waals surface area (Å²) >= 11 is 0. The van der Waals surface area contributed by atoms with Gasteiger partial charge in [0, 0.05) is 42.9 Å². The van der Waals surface area contributed by atoms with Crippen molar-refractivity contribution < 1.29 is 23.7 Å². The van der Waals surface area contributed by atoms with Crippen molar-refractivity contribution >= 4 is 23.4 Å². The van der Waals surface area contributed by atoms with Gasteiger partial charge in [0.25, 0.3) is 17.5 Å². The molecular weight excluding hydrogens is 419 g/mol. The molecule has 3 rings (SSSR count).